The molecule has 0 amide bonds. The Hall–Kier alpha value is 0.340. The number of likely N-dealkylation sites (N-methyl/N-ethyl adjacent to an activating group) is 1. The average Bonchev–Trinajstić information content (AvgIpc) is 2.29. The molecule has 98 valence electrons. The number of benzene rings is 1. The largest absolute Gasteiger partial charge is 0.302 e. The molecule has 0 aliphatic heterocycles. The van der Waals surface area contributed by atoms with Crippen molar-refractivity contribution in [2.24, 2.45) is 0 Å². The zero-order valence-electron chi connectivity index (χ0n) is 9.92. The van der Waals surface area contributed by atoms with Crippen molar-refractivity contribution in [2.45, 2.75) is 19.4 Å². The van der Waals surface area contributed by atoms with Gasteiger partial charge in [-0.05, 0) is 32.0 Å². The van der Waals surface area contributed by atoms with Crippen molar-refractivity contribution in [3.05, 3.63) is 33.8 Å². The van der Waals surface area contributed by atoms with Crippen LogP contribution in [0.1, 0.15) is 12.5 Å². The molecule has 0 heterocycles. The minimum atomic E-state index is 0. The molecule has 0 unspecified atom stereocenters. The molecule has 1 rings (SSSR count). The third kappa shape index (κ3) is 5.23. The molecule has 0 aliphatic rings. The van der Waals surface area contributed by atoms with E-state index in [1.165, 1.54) is 0 Å². The zero-order chi connectivity index (χ0) is 12.1. The van der Waals surface area contributed by atoms with E-state index in [4.69, 9.17) is 34.8 Å². The molecule has 17 heavy (non-hydrogen) atoms. The molecule has 0 fully saturated rings. The van der Waals surface area contributed by atoms with Crippen LogP contribution in [0.4, 0.5) is 0 Å². The summed E-state index contributed by atoms with van der Waals surface area (Å²) in [5, 5.41) is 1.28. The van der Waals surface area contributed by atoms with Crippen LogP contribution in [0.25, 0.3) is 0 Å². The van der Waals surface area contributed by atoms with E-state index >= 15 is 0 Å². The van der Waals surface area contributed by atoms with Crippen LogP contribution >= 0.6 is 47.2 Å². The van der Waals surface area contributed by atoms with Gasteiger partial charge in [-0.2, -0.15) is 0 Å². The standard InChI is InChI=1S/C12H16Cl3N.ClH/c1-9(8-13)16(2)7-6-10-4-3-5-11(14)12(10)15;/h3-5,9H,6-8H2,1-2H3;1H/t9-;/m0./s1. The van der Waals surface area contributed by atoms with Crippen LogP contribution in [0.15, 0.2) is 18.2 Å². The monoisotopic (exact) mass is 315 g/mol. The highest BCUT2D eigenvalue weighted by molar-refractivity contribution is 6.42. The second-order valence-electron chi connectivity index (χ2n) is 3.95. The Morgan fingerprint density at radius 3 is 2.53 bits per heavy atom. The van der Waals surface area contributed by atoms with Crippen molar-refractivity contribution in [3.8, 4) is 0 Å². The molecule has 1 atom stereocenters. The van der Waals surface area contributed by atoms with Gasteiger partial charge in [-0.3, -0.25) is 0 Å². The summed E-state index contributed by atoms with van der Waals surface area (Å²) >= 11 is 17.9. The van der Waals surface area contributed by atoms with E-state index in [1.54, 1.807) is 6.07 Å². The van der Waals surface area contributed by atoms with Gasteiger partial charge in [0.15, 0.2) is 0 Å². The predicted molar refractivity (Wildman–Crippen MR) is 80.2 cm³/mol. The van der Waals surface area contributed by atoms with Crippen molar-refractivity contribution in [3.63, 3.8) is 0 Å². The SMILES string of the molecule is C[C@@H](CCl)N(C)CCc1cccc(Cl)c1Cl.Cl. The Labute approximate surface area is 124 Å². The molecule has 0 saturated carbocycles. The summed E-state index contributed by atoms with van der Waals surface area (Å²) in [5.41, 5.74) is 1.09. The topological polar surface area (TPSA) is 3.24 Å². The lowest BCUT2D eigenvalue weighted by Crippen LogP contribution is -2.32. The molecule has 1 aromatic rings. The molecule has 0 aromatic heterocycles. The number of rotatable bonds is 5. The second kappa shape index (κ2) is 8.44. The van der Waals surface area contributed by atoms with Gasteiger partial charge in [-0.1, -0.05) is 35.3 Å². The van der Waals surface area contributed by atoms with Gasteiger partial charge in [0.1, 0.15) is 0 Å². The van der Waals surface area contributed by atoms with Crippen molar-refractivity contribution in [2.75, 3.05) is 19.5 Å². The number of nitrogens with zero attached hydrogens (tertiary/aromatic N) is 1. The third-order valence-corrected chi connectivity index (χ3v) is 4.05. The Morgan fingerprint density at radius 2 is 1.94 bits per heavy atom. The van der Waals surface area contributed by atoms with Gasteiger partial charge < -0.3 is 4.90 Å². The summed E-state index contributed by atoms with van der Waals surface area (Å²) in [6.45, 7) is 3.03. The first-order valence-electron chi connectivity index (χ1n) is 5.25. The lowest BCUT2D eigenvalue weighted by atomic mass is 10.1. The maximum Gasteiger partial charge on any atom is 0.0624 e. The number of hydrogen-bond donors (Lipinski definition) is 0. The fraction of sp³-hybridized carbons (Fsp3) is 0.500. The average molecular weight is 317 g/mol. The lowest BCUT2D eigenvalue weighted by molar-refractivity contribution is 0.280. The molecule has 0 spiro atoms. The molecule has 0 radical (unpaired) electrons. The van der Waals surface area contributed by atoms with E-state index in [9.17, 15) is 0 Å². The van der Waals surface area contributed by atoms with Crippen molar-refractivity contribution in [1.29, 1.82) is 0 Å². The Morgan fingerprint density at radius 1 is 1.29 bits per heavy atom. The highest BCUT2D eigenvalue weighted by Crippen LogP contribution is 2.25. The highest BCUT2D eigenvalue weighted by Gasteiger charge is 2.09. The Bertz CT molecular complexity index is 343. The fourth-order valence-corrected chi connectivity index (χ4v) is 2.03. The second-order valence-corrected chi connectivity index (χ2v) is 5.04. The maximum absolute atomic E-state index is 6.11. The van der Waals surface area contributed by atoms with E-state index in [2.05, 4.69) is 18.9 Å². The van der Waals surface area contributed by atoms with Gasteiger partial charge in [0, 0.05) is 18.5 Å². The van der Waals surface area contributed by atoms with E-state index in [-0.39, 0.29) is 12.4 Å². The molecule has 0 N–H and O–H groups in total. The third-order valence-electron chi connectivity index (χ3n) is 2.74. The molecular formula is C12H17Cl4N. The molecule has 0 bridgehead atoms. The van der Waals surface area contributed by atoms with Crippen molar-refractivity contribution < 1.29 is 0 Å². The fourth-order valence-electron chi connectivity index (χ4n) is 1.38. The van der Waals surface area contributed by atoms with Gasteiger partial charge in [-0.15, -0.1) is 24.0 Å². The van der Waals surface area contributed by atoms with E-state index < -0.39 is 0 Å². The van der Waals surface area contributed by atoms with Gasteiger partial charge in [0.05, 0.1) is 10.0 Å². The Balaban J connectivity index is 0.00000256. The van der Waals surface area contributed by atoms with E-state index in [0.717, 1.165) is 18.5 Å². The van der Waals surface area contributed by atoms with Crippen LogP contribution in [0.3, 0.4) is 0 Å². The zero-order valence-corrected chi connectivity index (χ0v) is 13.0. The first-order chi connectivity index (χ1) is 7.56. The van der Waals surface area contributed by atoms with Crippen LogP contribution in [0.2, 0.25) is 10.0 Å². The summed E-state index contributed by atoms with van der Waals surface area (Å²) in [4.78, 5) is 2.21. The summed E-state index contributed by atoms with van der Waals surface area (Å²) in [5.74, 6) is 0.639. The summed E-state index contributed by atoms with van der Waals surface area (Å²) in [7, 11) is 2.06. The van der Waals surface area contributed by atoms with Crippen LogP contribution in [-0.2, 0) is 6.42 Å². The van der Waals surface area contributed by atoms with Gasteiger partial charge in [-0.25, -0.2) is 0 Å². The Kier molecular flexibility index (Phi) is 8.61. The first kappa shape index (κ1) is 17.3. The molecule has 0 aliphatic carbocycles. The molecule has 1 nitrogen and oxygen atoms in total. The molecular weight excluding hydrogens is 300 g/mol. The summed E-state index contributed by atoms with van der Waals surface area (Å²) in [6.07, 6.45) is 0.886. The van der Waals surface area contributed by atoms with Gasteiger partial charge in [0.25, 0.3) is 0 Å². The predicted octanol–water partition coefficient (Wildman–Crippen LogP) is 4.52. The van der Waals surface area contributed by atoms with E-state index in [0.29, 0.717) is 22.0 Å². The van der Waals surface area contributed by atoms with Gasteiger partial charge >= 0.3 is 0 Å². The minimum absolute atomic E-state index is 0. The van der Waals surface area contributed by atoms with Crippen LogP contribution < -0.4 is 0 Å². The smallest absolute Gasteiger partial charge is 0.0624 e. The quantitative estimate of drug-likeness (QED) is 0.722. The highest BCUT2D eigenvalue weighted by atomic mass is 35.5. The van der Waals surface area contributed by atoms with Crippen LogP contribution in [0.5, 0.6) is 0 Å². The summed E-state index contributed by atoms with van der Waals surface area (Å²) in [6, 6.07) is 6.11. The summed E-state index contributed by atoms with van der Waals surface area (Å²) < 4.78 is 0. The first-order valence-corrected chi connectivity index (χ1v) is 6.54. The van der Waals surface area contributed by atoms with Crippen molar-refractivity contribution >= 4 is 47.2 Å². The van der Waals surface area contributed by atoms with Crippen LogP contribution in [-0.4, -0.2) is 30.4 Å². The molecule has 1 aromatic carbocycles. The minimum Gasteiger partial charge on any atom is -0.302 e. The number of hydrogen-bond acceptors (Lipinski definition) is 1. The maximum atomic E-state index is 6.11. The lowest BCUT2D eigenvalue weighted by Gasteiger charge is -2.22. The normalized spacial score (nSPS) is 12.4. The molecule has 0 saturated heterocycles. The van der Waals surface area contributed by atoms with Gasteiger partial charge in [0.2, 0.25) is 0 Å². The van der Waals surface area contributed by atoms with Crippen LogP contribution in [0, 0.1) is 0 Å². The molecule has 5 heteroatoms. The number of halogens is 4. The van der Waals surface area contributed by atoms with E-state index in [1.807, 2.05) is 12.1 Å². The van der Waals surface area contributed by atoms with Crippen molar-refractivity contribution in [1.82, 2.24) is 4.90 Å². The number of alkyl halides is 1.